The van der Waals surface area contributed by atoms with Crippen LogP contribution < -0.4 is 4.89 Å². The highest BCUT2D eigenvalue weighted by Gasteiger charge is 2.21. The Morgan fingerprint density at radius 1 is 0.456 bits per heavy atom. The SMILES string of the molecule is CCCCCCCCCCCCC#CC#CCCCCCCCCC(=O)OC[C@H](COP(=O)([O-])OCC[N+](C)(C)C)OC(=O)CCCCCCCCC#CC#CCCCCCCCCCCCC. The molecule has 0 bridgehead atoms. The number of rotatable bonds is 46. The normalized spacial score (nSPS) is 12.3. The Balaban J connectivity index is 4.30. The van der Waals surface area contributed by atoms with Crippen molar-refractivity contribution in [1.82, 2.24) is 0 Å². The van der Waals surface area contributed by atoms with E-state index in [1.165, 1.54) is 128 Å². The van der Waals surface area contributed by atoms with Crippen LogP contribution in [0.4, 0.5) is 0 Å². The number of hydrogen-bond acceptors (Lipinski definition) is 8. The van der Waals surface area contributed by atoms with Gasteiger partial charge in [-0.15, -0.1) is 0 Å². The maximum atomic E-state index is 12.8. The van der Waals surface area contributed by atoms with E-state index in [4.69, 9.17) is 18.5 Å². The lowest BCUT2D eigenvalue weighted by atomic mass is 10.1. The van der Waals surface area contributed by atoms with Crippen LogP contribution in [0.3, 0.4) is 0 Å². The Bertz CT molecular complexity index is 1510. The second-order valence-electron chi connectivity index (χ2n) is 19.7. The summed E-state index contributed by atoms with van der Waals surface area (Å²) in [5, 5.41) is 0. The first-order valence-electron chi connectivity index (χ1n) is 27.7. The maximum absolute atomic E-state index is 12.8. The average Bonchev–Trinajstić information content (AvgIpc) is 3.30. The van der Waals surface area contributed by atoms with Crippen molar-refractivity contribution in [2.75, 3.05) is 47.5 Å². The van der Waals surface area contributed by atoms with Gasteiger partial charge in [0.15, 0.2) is 6.10 Å². The molecule has 0 saturated heterocycles. The van der Waals surface area contributed by atoms with Crippen LogP contribution in [0.5, 0.6) is 0 Å². The largest absolute Gasteiger partial charge is 0.756 e. The lowest BCUT2D eigenvalue weighted by molar-refractivity contribution is -0.870. The van der Waals surface area contributed by atoms with Crippen molar-refractivity contribution in [1.29, 1.82) is 0 Å². The zero-order chi connectivity index (χ0) is 49.9. The predicted molar refractivity (Wildman–Crippen MR) is 281 cm³/mol. The molecule has 1 unspecified atom stereocenters. The summed E-state index contributed by atoms with van der Waals surface area (Å²) in [7, 11) is 1.11. The number of ether oxygens (including phenoxy) is 2. The molecular formula is C58H100NO8P. The number of quaternary nitrogens is 1. The van der Waals surface area contributed by atoms with Gasteiger partial charge < -0.3 is 27.9 Å². The van der Waals surface area contributed by atoms with Crippen LogP contribution in [0.1, 0.15) is 258 Å². The molecule has 10 heteroatoms. The number of unbranched alkanes of at least 4 members (excludes halogenated alkanes) is 32. The summed E-state index contributed by atoms with van der Waals surface area (Å²) in [5.74, 6) is 23.8. The first-order valence-corrected chi connectivity index (χ1v) is 29.1. The molecule has 0 aliphatic heterocycles. The van der Waals surface area contributed by atoms with Crippen molar-refractivity contribution in [2.45, 2.75) is 264 Å². The molecule has 0 heterocycles. The molecule has 390 valence electrons. The Kier molecular flexibility index (Phi) is 47.2. The van der Waals surface area contributed by atoms with Crippen molar-refractivity contribution < 1.29 is 42.1 Å². The number of likely N-dealkylation sites (N-methyl/N-ethyl adjacent to an activating group) is 1. The Labute approximate surface area is 419 Å². The fourth-order valence-corrected chi connectivity index (χ4v) is 8.19. The summed E-state index contributed by atoms with van der Waals surface area (Å²) < 4.78 is 34.0. The summed E-state index contributed by atoms with van der Waals surface area (Å²) in [6, 6.07) is 0. The number of nitrogens with zero attached hydrogens (tertiary/aromatic N) is 1. The smallest absolute Gasteiger partial charge is 0.306 e. The molecule has 0 amide bonds. The minimum Gasteiger partial charge on any atom is -0.756 e. The van der Waals surface area contributed by atoms with Crippen LogP contribution in [0.25, 0.3) is 0 Å². The first kappa shape index (κ1) is 65.2. The van der Waals surface area contributed by atoms with E-state index in [1.807, 2.05) is 21.1 Å². The van der Waals surface area contributed by atoms with Crippen molar-refractivity contribution in [3.63, 3.8) is 0 Å². The van der Waals surface area contributed by atoms with Gasteiger partial charge in [0.2, 0.25) is 0 Å². The van der Waals surface area contributed by atoms with Gasteiger partial charge in [-0.3, -0.25) is 14.2 Å². The van der Waals surface area contributed by atoms with Crippen molar-refractivity contribution in [2.24, 2.45) is 0 Å². The molecule has 0 aromatic heterocycles. The molecule has 0 aliphatic rings. The molecule has 2 atom stereocenters. The summed E-state index contributed by atoms with van der Waals surface area (Å²) in [4.78, 5) is 37.8. The average molecular weight is 970 g/mol. The number of phosphoric acid groups is 1. The van der Waals surface area contributed by atoms with E-state index in [1.54, 1.807) is 0 Å². The minimum atomic E-state index is -4.66. The van der Waals surface area contributed by atoms with Gasteiger partial charge in [0.05, 0.1) is 27.7 Å². The van der Waals surface area contributed by atoms with Crippen molar-refractivity contribution in [3.8, 4) is 47.4 Å². The van der Waals surface area contributed by atoms with Gasteiger partial charge in [-0.05, 0) is 62.2 Å². The Morgan fingerprint density at radius 2 is 0.779 bits per heavy atom. The topological polar surface area (TPSA) is 111 Å². The zero-order valence-corrected chi connectivity index (χ0v) is 45.3. The summed E-state index contributed by atoms with van der Waals surface area (Å²) in [5.41, 5.74) is 0. The zero-order valence-electron chi connectivity index (χ0n) is 44.4. The van der Waals surface area contributed by atoms with E-state index in [2.05, 4.69) is 61.2 Å². The van der Waals surface area contributed by atoms with E-state index in [9.17, 15) is 19.0 Å². The maximum Gasteiger partial charge on any atom is 0.306 e. The summed E-state index contributed by atoms with van der Waals surface area (Å²) >= 11 is 0. The van der Waals surface area contributed by atoms with Crippen LogP contribution >= 0.6 is 7.82 Å². The molecule has 0 radical (unpaired) electrons. The van der Waals surface area contributed by atoms with Crippen LogP contribution in [-0.2, 0) is 32.7 Å². The molecule has 0 rings (SSSR count). The number of phosphoric ester groups is 1. The molecular weight excluding hydrogens is 870 g/mol. The molecule has 0 aliphatic carbocycles. The van der Waals surface area contributed by atoms with Gasteiger partial charge >= 0.3 is 11.9 Å². The third-order valence-electron chi connectivity index (χ3n) is 11.8. The minimum absolute atomic E-state index is 0.0475. The molecule has 0 aromatic carbocycles. The highest BCUT2D eigenvalue weighted by molar-refractivity contribution is 7.45. The fourth-order valence-electron chi connectivity index (χ4n) is 7.47. The van der Waals surface area contributed by atoms with E-state index < -0.39 is 32.5 Å². The van der Waals surface area contributed by atoms with E-state index >= 15 is 0 Å². The van der Waals surface area contributed by atoms with Gasteiger partial charge in [0.25, 0.3) is 7.82 Å². The van der Waals surface area contributed by atoms with Gasteiger partial charge in [0.1, 0.15) is 19.8 Å². The Morgan fingerprint density at radius 3 is 1.13 bits per heavy atom. The van der Waals surface area contributed by atoms with E-state index in [0.717, 1.165) is 89.9 Å². The third-order valence-corrected chi connectivity index (χ3v) is 12.8. The van der Waals surface area contributed by atoms with E-state index in [0.29, 0.717) is 23.9 Å². The van der Waals surface area contributed by atoms with Gasteiger partial charge in [-0.25, -0.2) is 0 Å². The number of carbonyl (C=O) groups excluding carboxylic acids is 2. The number of hydrogen-bond donors (Lipinski definition) is 0. The second-order valence-corrected chi connectivity index (χ2v) is 21.1. The second kappa shape index (κ2) is 49.2. The Hall–Kier alpha value is -2.75. The van der Waals surface area contributed by atoms with Crippen molar-refractivity contribution in [3.05, 3.63) is 0 Å². The van der Waals surface area contributed by atoms with Crippen LogP contribution in [-0.4, -0.2) is 70.0 Å². The van der Waals surface area contributed by atoms with E-state index in [-0.39, 0.29) is 26.1 Å². The molecule has 9 nitrogen and oxygen atoms in total. The lowest BCUT2D eigenvalue weighted by Gasteiger charge is -2.28. The quantitative estimate of drug-likeness (QED) is 0.0195. The summed E-state index contributed by atoms with van der Waals surface area (Å²) in [6.07, 6.45) is 41.1. The van der Waals surface area contributed by atoms with Crippen LogP contribution in [0, 0.1) is 47.4 Å². The molecule has 0 saturated carbocycles. The van der Waals surface area contributed by atoms with Gasteiger partial charge in [0, 0.05) is 38.5 Å². The van der Waals surface area contributed by atoms with Gasteiger partial charge in [-0.2, -0.15) is 0 Å². The highest BCUT2D eigenvalue weighted by atomic mass is 31.2. The molecule has 0 fully saturated rings. The highest BCUT2D eigenvalue weighted by Crippen LogP contribution is 2.38. The van der Waals surface area contributed by atoms with Gasteiger partial charge in [-0.1, -0.05) is 204 Å². The molecule has 0 spiro atoms. The molecule has 0 N–H and O–H groups in total. The monoisotopic (exact) mass is 970 g/mol. The summed E-state index contributed by atoms with van der Waals surface area (Å²) in [6.45, 7) is 4.15. The fraction of sp³-hybridized carbons (Fsp3) is 0.828. The van der Waals surface area contributed by atoms with Crippen LogP contribution in [0.15, 0.2) is 0 Å². The van der Waals surface area contributed by atoms with Crippen LogP contribution in [0.2, 0.25) is 0 Å². The number of esters is 2. The third kappa shape index (κ3) is 52.6. The lowest BCUT2D eigenvalue weighted by Crippen LogP contribution is -2.37. The standard InChI is InChI=1S/C58H100NO8P/c1-6-8-10-12-14-16-18-20-22-24-26-28-30-32-34-36-38-40-42-44-46-48-50-57(60)64-54-56(55-66-68(62,63)65-53-52-59(3,4)5)67-58(61)51-49-47-45-43-41-39-37-35-33-31-29-27-25-23-21-19-17-15-13-11-9-7-2/h56H,6-27,36-55H2,1-5H3/t56-/m1/s1. The predicted octanol–water partition coefficient (Wildman–Crippen LogP) is 14.5. The first-order chi connectivity index (χ1) is 33.0. The molecule has 0 aromatic rings. The van der Waals surface area contributed by atoms with Crippen molar-refractivity contribution >= 4 is 19.8 Å². The number of carbonyl (C=O) groups is 2. The molecule has 68 heavy (non-hydrogen) atoms.